The third-order valence-corrected chi connectivity index (χ3v) is 5.51. The highest BCUT2D eigenvalue weighted by Gasteiger charge is 2.39. The van der Waals surface area contributed by atoms with E-state index in [4.69, 9.17) is 0 Å². The maximum Gasteiger partial charge on any atom is 0.416 e. The van der Waals surface area contributed by atoms with Gasteiger partial charge in [-0.1, -0.05) is 36.4 Å². The Bertz CT molecular complexity index is 1030. The molecular weight excluding hydrogens is 462 g/mol. The van der Waals surface area contributed by atoms with Crippen molar-refractivity contribution >= 4 is 11.8 Å². The summed E-state index contributed by atoms with van der Waals surface area (Å²) in [7, 11) is 0. The van der Waals surface area contributed by atoms with Gasteiger partial charge in [0.2, 0.25) is 5.91 Å². The highest BCUT2D eigenvalue weighted by Crippen LogP contribution is 2.36. The van der Waals surface area contributed by atoms with Gasteiger partial charge >= 0.3 is 12.4 Å². The van der Waals surface area contributed by atoms with Crippen molar-refractivity contribution in [2.75, 3.05) is 19.6 Å². The average Bonchev–Trinajstić information content (AvgIpc) is 2.78. The number of hydrogen-bond acceptors (Lipinski definition) is 2. The Morgan fingerprint density at radius 2 is 1.53 bits per heavy atom. The number of allylic oxidation sites excluding steroid dienone is 1. The molecule has 0 unspecified atom stereocenters. The van der Waals surface area contributed by atoms with Crippen molar-refractivity contribution in [2.24, 2.45) is 0 Å². The Morgan fingerprint density at radius 1 is 0.941 bits per heavy atom. The van der Waals surface area contributed by atoms with Crippen LogP contribution in [-0.4, -0.2) is 47.3 Å². The van der Waals surface area contributed by atoms with Crippen LogP contribution in [0.1, 0.15) is 34.0 Å². The number of nitrogens with zero attached hydrogens (tertiary/aromatic N) is 2. The third-order valence-electron chi connectivity index (χ3n) is 5.51. The van der Waals surface area contributed by atoms with Crippen LogP contribution in [0.2, 0.25) is 0 Å². The van der Waals surface area contributed by atoms with E-state index in [1.54, 1.807) is 43.3 Å². The molecule has 0 spiro atoms. The van der Waals surface area contributed by atoms with Gasteiger partial charge in [0, 0.05) is 25.2 Å². The van der Waals surface area contributed by atoms with E-state index in [1.807, 2.05) is 0 Å². The molecule has 4 nitrogen and oxygen atoms in total. The van der Waals surface area contributed by atoms with Crippen LogP contribution in [0.3, 0.4) is 0 Å². The van der Waals surface area contributed by atoms with Gasteiger partial charge in [0.15, 0.2) is 0 Å². The highest BCUT2D eigenvalue weighted by atomic mass is 19.4. The van der Waals surface area contributed by atoms with E-state index in [-0.39, 0.29) is 38.0 Å². The number of benzene rings is 2. The fraction of sp³-hybridized carbons (Fsp3) is 0.333. The van der Waals surface area contributed by atoms with Crippen LogP contribution in [0, 0.1) is 0 Å². The maximum atomic E-state index is 13.3. The maximum absolute atomic E-state index is 13.3. The molecule has 2 amide bonds. The first-order valence-corrected chi connectivity index (χ1v) is 10.5. The molecule has 0 aliphatic carbocycles. The van der Waals surface area contributed by atoms with E-state index < -0.39 is 41.0 Å². The fourth-order valence-electron chi connectivity index (χ4n) is 3.88. The Hall–Kier alpha value is -3.30. The molecule has 2 aromatic rings. The summed E-state index contributed by atoms with van der Waals surface area (Å²) in [4.78, 5) is 28.3. The molecular formula is C24H22F6N2O2. The summed E-state index contributed by atoms with van der Waals surface area (Å²) in [6.07, 6.45) is -6.92. The molecule has 3 rings (SSSR count). The number of rotatable bonds is 4. The molecule has 1 heterocycles. The van der Waals surface area contributed by atoms with Crippen LogP contribution >= 0.6 is 0 Å². The lowest BCUT2D eigenvalue weighted by Gasteiger charge is -2.41. The summed E-state index contributed by atoms with van der Waals surface area (Å²) >= 11 is 0. The Kier molecular flexibility index (Phi) is 7.38. The predicted molar refractivity (Wildman–Crippen MR) is 113 cm³/mol. The lowest BCUT2D eigenvalue weighted by molar-refractivity contribution is -0.143. The smallest absolute Gasteiger partial charge is 0.335 e. The second-order valence-corrected chi connectivity index (χ2v) is 7.92. The van der Waals surface area contributed by atoms with Gasteiger partial charge in [0.05, 0.1) is 17.2 Å². The number of halogens is 6. The van der Waals surface area contributed by atoms with E-state index in [0.29, 0.717) is 12.1 Å². The van der Waals surface area contributed by atoms with Gasteiger partial charge in [-0.25, -0.2) is 0 Å². The predicted octanol–water partition coefficient (Wildman–Crippen LogP) is 5.20. The van der Waals surface area contributed by atoms with Crippen LogP contribution in [-0.2, 0) is 23.6 Å². The number of carbonyl (C=O) groups is 2. The van der Waals surface area contributed by atoms with Gasteiger partial charge < -0.3 is 9.80 Å². The van der Waals surface area contributed by atoms with Crippen molar-refractivity contribution in [1.29, 1.82) is 0 Å². The molecule has 0 bridgehead atoms. The number of alkyl halides is 6. The summed E-state index contributed by atoms with van der Waals surface area (Å²) in [6.45, 7) is 1.84. The van der Waals surface area contributed by atoms with Crippen LogP contribution in [0.5, 0.6) is 0 Å². The molecule has 2 aromatic carbocycles. The monoisotopic (exact) mass is 484 g/mol. The zero-order chi connectivity index (χ0) is 25.1. The first-order valence-electron chi connectivity index (χ1n) is 10.5. The topological polar surface area (TPSA) is 40.6 Å². The van der Waals surface area contributed by atoms with Crippen molar-refractivity contribution in [3.8, 4) is 0 Å². The van der Waals surface area contributed by atoms with E-state index in [0.717, 1.165) is 5.56 Å². The molecule has 0 saturated carbocycles. The zero-order valence-corrected chi connectivity index (χ0v) is 18.2. The molecule has 34 heavy (non-hydrogen) atoms. The van der Waals surface area contributed by atoms with Crippen molar-refractivity contribution in [1.82, 2.24) is 9.80 Å². The summed E-state index contributed by atoms with van der Waals surface area (Å²) in [6, 6.07) is 9.15. The summed E-state index contributed by atoms with van der Waals surface area (Å²) in [5.74, 6) is -1.23. The minimum absolute atomic E-state index is 0.00802. The van der Waals surface area contributed by atoms with E-state index >= 15 is 0 Å². The molecule has 182 valence electrons. The minimum Gasteiger partial charge on any atom is -0.335 e. The van der Waals surface area contributed by atoms with Crippen LogP contribution in [0.4, 0.5) is 26.3 Å². The first-order chi connectivity index (χ1) is 15.9. The second kappa shape index (κ2) is 9.90. The lowest BCUT2D eigenvalue weighted by atomic mass is 9.99. The molecule has 1 atom stereocenters. The second-order valence-electron chi connectivity index (χ2n) is 7.92. The molecule has 0 N–H and O–H groups in total. The number of piperazine rings is 1. The summed E-state index contributed by atoms with van der Waals surface area (Å²) < 4.78 is 79.7. The number of carbonyl (C=O) groups excluding carboxylic acids is 2. The minimum atomic E-state index is -5.06. The SMILES string of the molecule is C/C=C/C(=O)N1CCN(C(=O)c2cc(C(F)(F)F)cc(C(F)(F)F)c2)[C@H](Cc2ccccc2)C1. The van der Waals surface area contributed by atoms with Gasteiger partial charge in [-0.15, -0.1) is 0 Å². The van der Waals surface area contributed by atoms with Gasteiger partial charge in [0.25, 0.3) is 5.91 Å². The Morgan fingerprint density at radius 3 is 2.06 bits per heavy atom. The lowest BCUT2D eigenvalue weighted by Crippen LogP contribution is -2.57. The fourth-order valence-corrected chi connectivity index (χ4v) is 3.88. The molecule has 1 saturated heterocycles. The van der Waals surface area contributed by atoms with E-state index in [1.165, 1.54) is 15.9 Å². The molecule has 0 radical (unpaired) electrons. The molecule has 10 heteroatoms. The third kappa shape index (κ3) is 5.98. The zero-order valence-electron chi connectivity index (χ0n) is 18.2. The van der Waals surface area contributed by atoms with E-state index in [2.05, 4.69) is 0 Å². The standard InChI is InChI=1S/C24H22F6N2O2/c1-2-6-21(33)31-9-10-32(20(15-31)11-16-7-4-3-5-8-16)22(34)17-12-18(23(25,26)27)14-19(13-17)24(28,29)30/h2-8,12-14,20H,9-11,15H2,1H3/b6-2+/t20-/m1/s1. The molecule has 1 aliphatic rings. The van der Waals surface area contributed by atoms with Gasteiger partial charge in [0.1, 0.15) is 0 Å². The molecule has 0 aromatic heterocycles. The molecule has 1 fully saturated rings. The Balaban J connectivity index is 1.98. The van der Waals surface area contributed by atoms with Crippen molar-refractivity contribution in [2.45, 2.75) is 31.7 Å². The normalized spacial score (nSPS) is 17.3. The average molecular weight is 484 g/mol. The molecule has 1 aliphatic heterocycles. The van der Waals surface area contributed by atoms with E-state index in [9.17, 15) is 35.9 Å². The van der Waals surface area contributed by atoms with Gasteiger partial charge in [-0.3, -0.25) is 9.59 Å². The van der Waals surface area contributed by atoms with Crippen LogP contribution in [0.15, 0.2) is 60.7 Å². The van der Waals surface area contributed by atoms with Crippen molar-refractivity contribution in [3.63, 3.8) is 0 Å². The summed E-state index contributed by atoms with van der Waals surface area (Å²) in [5.41, 5.74) is -2.99. The quantitative estimate of drug-likeness (QED) is 0.443. The van der Waals surface area contributed by atoms with Crippen molar-refractivity contribution < 1.29 is 35.9 Å². The van der Waals surface area contributed by atoms with Crippen LogP contribution < -0.4 is 0 Å². The summed E-state index contributed by atoms with van der Waals surface area (Å²) in [5, 5.41) is 0. The number of hydrogen-bond donors (Lipinski definition) is 0. The van der Waals surface area contributed by atoms with Crippen molar-refractivity contribution in [3.05, 3.63) is 82.9 Å². The largest absolute Gasteiger partial charge is 0.416 e. The number of amides is 2. The van der Waals surface area contributed by atoms with Gasteiger partial charge in [-0.05, 0) is 43.2 Å². The first kappa shape index (κ1) is 25.3. The highest BCUT2D eigenvalue weighted by molar-refractivity contribution is 5.95. The van der Waals surface area contributed by atoms with Gasteiger partial charge in [-0.2, -0.15) is 26.3 Å². The Labute approximate surface area is 192 Å². The van der Waals surface area contributed by atoms with Crippen LogP contribution in [0.25, 0.3) is 0 Å².